The minimum atomic E-state index is 0.671. The highest BCUT2D eigenvalue weighted by atomic mass is 15.3. The summed E-state index contributed by atoms with van der Waals surface area (Å²) in [4.78, 5) is 8.14. The second-order valence-electron chi connectivity index (χ2n) is 10.5. The number of hydrogen-bond donors (Lipinski definition) is 0. The van der Waals surface area contributed by atoms with Gasteiger partial charge >= 0.3 is 0 Å². The van der Waals surface area contributed by atoms with Gasteiger partial charge in [-0.3, -0.25) is 4.90 Å². The van der Waals surface area contributed by atoms with E-state index in [2.05, 4.69) is 70.2 Å². The van der Waals surface area contributed by atoms with E-state index in [1.165, 1.54) is 58.2 Å². The summed E-state index contributed by atoms with van der Waals surface area (Å²) in [5.41, 5.74) is 0. The molecule has 4 atom stereocenters. The van der Waals surface area contributed by atoms with Crippen LogP contribution in [0.3, 0.4) is 0 Å². The molecule has 0 N–H and O–H groups in total. The first-order valence-corrected chi connectivity index (χ1v) is 11.9. The second kappa shape index (κ2) is 10.6. The Balaban J connectivity index is 1.72. The fraction of sp³-hybridized carbons (Fsp3) is 1.00. The average molecular weight is 380 g/mol. The van der Waals surface area contributed by atoms with Crippen LogP contribution in [-0.2, 0) is 0 Å². The van der Waals surface area contributed by atoms with E-state index in [1.807, 2.05) is 0 Å². The molecule has 160 valence electrons. The van der Waals surface area contributed by atoms with Crippen LogP contribution in [0.4, 0.5) is 0 Å². The van der Waals surface area contributed by atoms with Crippen molar-refractivity contribution in [3.8, 4) is 0 Å². The molecule has 0 aliphatic carbocycles. The van der Waals surface area contributed by atoms with Crippen LogP contribution >= 0.6 is 0 Å². The van der Waals surface area contributed by atoms with Crippen molar-refractivity contribution in [1.29, 1.82) is 0 Å². The molecule has 0 aromatic rings. The molecule has 2 aliphatic rings. The van der Waals surface area contributed by atoms with Crippen LogP contribution < -0.4 is 0 Å². The molecule has 3 nitrogen and oxygen atoms in total. The van der Waals surface area contributed by atoms with Crippen molar-refractivity contribution in [3.63, 3.8) is 0 Å². The van der Waals surface area contributed by atoms with Gasteiger partial charge < -0.3 is 9.80 Å². The molecular formula is C24H49N3. The van der Waals surface area contributed by atoms with Crippen LogP contribution in [0.2, 0.25) is 0 Å². The monoisotopic (exact) mass is 379 g/mol. The highest BCUT2D eigenvalue weighted by Gasteiger charge is 2.33. The molecule has 0 saturated carbocycles. The van der Waals surface area contributed by atoms with Gasteiger partial charge in [-0.05, 0) is 105 Å². The number of piperidine rings is 1. The van der Waals surface area contributed by atoms with Gasteiger partial charge in [0.1, 0.15) is 0 Å². The van der Waals surface area contributed by atoms with Crippen LogP contribution in [-0.4, -0.2) is 71.6 Å². The third-order valence-corrected chi connectivity index (χ3v) is 7.84. The summed E-state index contributed by atoms with van der Waals surface area (Å²) in [5.74, 6) is 1.82. The molecular weight excluding hydrogens is 330 g/mol. The maximum Gasteiger partial charge on any atom is 0.0229 e. The lowest BCUT2D eigenvalue weighted by molar-refractivity contribution is 0.0977. The highest BCUT2D eigenvalue weighted by Crippen LogP contribution is 2.28. The minimum absolute atomic E-state index is 0.671. The van der Waals surface area contributed by atoms with Gasteiger partial charge in [0, 0.05) is 36.8 Å². The van der Waals surface area contributed by atoms with E-state index in [-0.39, 0.29) is 0 Å². The molecule has 2 aliphatic heterocycles. The normalized spacial score (nSPS) is 28.6. The largest absolute Gasteiger partial charge is 0.302 e. The molecule has 2 fully saturated rings. The number of likely N-dealkylation sites (N-methyl/N-ethyl adjacent to an activating group) is 1. The molecule has 2 saturated heterocycles. The van der Waals surface area contributed by atoms with E-state index in [1.54, 1.807) is 0 Å². The Morgan fingerprint density at radius 1 is 0.889 bits per heavy atom. The summed E-state index contributed by atoms with van der Waals surface area (Å²) in [6, 6.07) is 3.61. The van der Waals surface area contributed by atoms with Crippen molar-refractivity contribution in [2.75, 3.05) is 26.7 Å². The summed E-state index contributed by atoms with van der Waals surface area (Å²) in [5, 5.41) is 0. The lowest BCUT2D eigenvalue weighted by Gasteiger charge is -2.39. The van der Waals surface area contributed by atoms with Gasteiger partial charge in [0.15, 0.2) is 0 Å². The standard InChI is InChI=1S/C24H49N3/c1-18(2)23-13-15-26(16-14-23)21(6)10-9-20(5)25(8)17-24-12-11-22(7)27(24)19(3)4/h18-24H,9-17H2,1-8H3. The van der Waals surface area contributed by atoms with Gasteiger partial charge in [-0.1, -0.05) is 13.8 Å². The van der Waals surface area contributed by atoms with Crippen molar-refractivity contribution < 1.29 is 0 Å². The zero-order valence-corrected chi connectivity index (χ0v) is 19.7. The van der Waals surface area contributed by atoms with Crippen molar-refractivity contribution >= 4 is 0 Å². The topological polar surface area (TPSA) is 9.72 Å². The smallest absolute Gasteiger partial charge is 0.0229 e. The van der Waals surface area contributed by atoms with E-state index in [4.69, 9.17) is 0 Å². The fourth-order valence-corrected chi connectivity index (χ4v) is 5.63. The summed E-state index contributed by atoms with van der Waals surface area (Å²) in [6.07, 6.45) is 8.22. The van der Waals surface area contributed by atoms with Crippen LogP contribution in [0.1, 0.15) is 87.0 Å². The molecule has 27 heavy (non-hydrogen) atoms. The van der Waals surface area contributed by atoms with Gasteiger partial charge in [0.05, 0.1) is 0 Å². The van der Waals surface area contributed by atoms with Gasteiger partial charge in [0.25, 0.3) is 0 Å². The van der Waals surface area contributed by atoms with Gasteiger partial charge in [0.2, 0.25) is 0 Å². The van der Waals surface area contributed by atoms with Gasteiger partial charge in [-0.15, -0.1) is 0 Å². The maximum absolute atomic E-state index is 2.75. The van der Waals surface area contributed by atoms with E-state index < -0.39 is 0 Å². The van der Waals surface area contributed by atoms with Crippen LogP contribution in [0.25, 0.3) is 0 Å². The number of rotatable bonds is 9. The Morgan fingerprint density at radius 3 is 2.07 bits per heavy atom. The summed E-state index contributed by atoms with van der Waals surface area (Å²) < 4.78 is 0. The molecule has 3 heteroatoms. The predicted molar refractivity (Wildman–Crippen MR) is 119 cm³/mol. The van der Waals surface area contributed by atoms with E-state index >= 15 is 0 Å². The SMILES string of the molecule is CC(C)C1CCN(C(C)CCC(C)N(C)CC2CCC(C)N2C(C)C)CC1. The van der Waals surface area contributed by atoms with Crippen LogP contribution in [0.15, 0.2) is 0 Å². The zero-order valence-electron chi connectivity index (χ0n) is 19.7. The Labute approximate surface area is 170 Å². The number of nitrogens with zero attached hydrogens (tertiary/aromatic N) is 3. The molecule has 0 bridgehead atoms. The number of likely N-dealkylation sites (tertiary alicyclic amines) is 2. The number of hydrogen-bond acceptors (Lipinski definition) is 3. The molecule has 4 unspecified atom stereocenters. The van der Waals surface area contributed by atoms with E-state index in [9.17, 15) is 0 Å². The molecule has 0 spiro atoms. The Hall–Kier alpha value is -0.120. The first-order valence-electron chi connectivity index (χ1n) is 11.9. The first kappa shape index (κ1) is 23.2. The highest BCUT2D eigenvalue weighted by molar-refractivity contribution is 4.89. The Morgan fingerprint density at radius 2 is 1.52 bits per heavy atom. The molecule has 0 amide bonds. The van der Waals surface area contributed by atoms with Crippen molar-refractivity contribution in [3.05, 3.63) is 0 Å². The van der Waals surface area contributed by atoms with Crippen molar-refractivity contribution in [2.24, 2.45) is 11.8 Å². The van der Waals surface area contributed by atoms with Gasteiger partial charge in [-0.25, -0.2) is 0 Å². The lowest BCUT2D eigenvalue weighted by atomic mass is 9.86. The summed E-state index contributed by atoms with van der Waals surface area (Å²) >= 11 is 0. The maximum atomic E-state index is 2.75. The lowest BCUT2D eigenvalue weighted by Crippen LogP contribution is -2.47. The summed E-state index contributed by atoms with van der Waals surface area (Å²) in [6.45, 7) is 20.7. The average Bonchev–Trinajstić information content (AvgIpc) is 2.99. The Kier molecular flexibility index (Phi) is 9.09. The quantitative estimate of drug-likeness (QED) is 0.551. The second-order valence-corrected chi connectivity index (χ2v) is 10.5. The Bertz CT molecular complexity index is 414. The first-order chi connectivity index (χ1) is 12.7. The minimum Gasteiger partial charge on any atom is -0.302 e. The molecule has 2 heterocycles. The molecule has 2 rings (SSSR count). The zero-order chi connectivity index (χ0) is 20.1. The molecule has 0 aromatic heterocycles. The van der Waals surface area contributed by atoms with Crippen molar-refractivity contribution in [1.82, 2.24) is 14.7 Å². The van der Waals surface area contributed by atoms with E-state index in [0.29, 0.717) is 12.1 Å². The predicted octanol–water partition coefficient (Wildman–Crippen LogP) is 5.10. The summed E-state index contributed by atoms with van der Waals surface area (Å²) in [7, 11) is 2.35. The van der Waals surface area contributed by atoms with Crippen molar-refractivity contribution in [2.45, 2.75) is 117 Å². The van der Waals surface area contributed by atoms with Gasteiger partial charge in [-0.2, -0.15) is 0 Å². The molecule has 0 aromatic carbocycles. The molecule has 0 radical (unpaired) electrons. The third kappa shape index (κ3) is 6.44. The van der Waals surface area contributed by atoms with E-state index in [0.717, 1.165) is 30.0 Å². The third-order valence-electron chi connectivity index (χ3n) is 7.84. The van der Waals surface area contributed by atoms with Crippen LogP contribution in [0.5, 0.6) is 0 Å². The fourth-order valence-electron chi connectivity index (χ4n) is 5.63. The van der Waals surface area contributed by atoms with Crippen LogP contribution in [0, 0.1) is 11.8 Å².